The minimum absolute atomic E-state index is 0.0737. The van der Waals surface area contributed by atoms with E-state index < -0.39 is 0 Å². The highest BCUT2D eigenvalue weighted by Gasteiger charge is 2.27. The van der Waals surface area contributed by atoms with Gasteiger partial charge >= 0.3 is 0 Å². The summed E-state index contributed by atoms with van der Waals surface area (Å²) in [5.74, 6) is 0.357. The molecule has 15 heavy (non-hydrogen) atoms. The van der Waals surface area contributed by atoms with E-state index in [1.54, 1.807) is 11.0 Å². The van der Waals surface area contributed by atoms with Gasteiger partial charge in [0, 0.05) is 25.2 Å². The molecule has 2 heterocycles. The molecule has 5 heteroatoms. The van der Waals surface area contributed by atoms with Crippen LogP contribution in [0.25, 0.3) is 0 Å². The van der Waals surface area contributed by atoms with Gasteiger partial charge in [-0.2, -0.15) is 0 Å². The summed E-state index contributed by atoms with van der Waals surface area (Å²) in [6.07, 6.45) is 2.38. The van der Waals surface area contributed by atoms with Crippen LogP contribution in [0.3, 0.4) is 0 Å². The van der Waals surface area contributed by atoms with Crippen molar-refractivity contribution >= 4 is 5.91 Å². The first-order chi connectivity index (χ1) is 7.16. The van der Waals surface area contributed by atoms with Crippen LogP contribution in [-0.4, -0.2) is 35.1 Å². The molecule has 2 N–H and O–H groups in total. The highest BCUT2D eigenvalue weighted by atomic mass is 16.5. The summed E-state index contributed by atoms with van der Waals surface area (Å²) in [7, 11) is 0. The van der Waals surface area contributed by atoms with E-state index in [1.807, 2.05) is 0 Å². The molecule has 1 aromatic heterocycles. The number of rotatable bonds is 1. The fourth-order valence-corrected chi connectivity index (χ4v) is 2.05. The number of hydrogen-bond donors (Lipinski definition) is 1. The van der Waals surface area contributed by atoms with Gasteiger partial charge in [0.2, 0.25) is 0 Å². The number of nitrogens with two attached hydrogens (primary N) is 1. The number of amides is 1. The topological polar surface area (TPSA) is 72.4 Å². The predicted octanol–water partition coefficient (Wildman–Crippen LogP) is 0.484. The van der Waals surface area contributed by atoms with Gasteiger partial charge in [0.1, 0.15) is 6.26 Å². The van der Waals surface area contributed by atoms with Gasteiger partial charge in [-0.05, 0) is 12.3 Å². The van der Waals surface area contributed by atoms with Gasteiger partial charge in [-0.3, -0.25) is 4.79 Å². The molecule has 2 atom stereocenters. The highest BCUT2D eigenvalue weighted by Crippen LogP contribution is 2.16. The number of likely N-dealkylation sites (tertiary alicyclic amines) is 1. The Hall–Kier alpha value is -1.36. The van der Waals surface area contributed by atoms with Crippen LogP contribution in [0.5, 0.6) is 0 Å². The molecule has 1 aliphatic heterocycles. The van der Waals surface area contributed by atoms with E-state index in [0.717, 1.165) is 13.0 Å². The molecule has 1 aliphatic rings. The summed E-state index contributed by atoms with van der Waals surface area (Å²) in [4.78, 5) is 13.6. The van der Waals surface area contributed by atoms with E-state index in [-0.39, 0.29) is 11.9 Å². The molecule has 82 valence electrons. The summed E-state index contributed by atoms with van der Waals surface area (Å²) >= 11 is 0. The van der Waals surface area contributed by atoms with E-state index in [4.69, 9.17) is 5.73 Å². The van der Waals surface area contributed by atoms with Crippen LogP contribution in [0.1, 0.15) is 23.8 Å². The van der Waals surface area contributed by atoms with E-state index in [2.05, 4.69) is 16.6 Å². The molecular formula is C10H15N3O2. The predicted molar refractivity (Wildman–Crippen MR) is 54.2 cm³/mol. The third kappa shape index (κ3) is 2.18. The first-order valence-corrected chi connectivity index (χ1v) is 5.12. The zero-order valence-corrected chi connectivity index (χ0v) is 8.72. The molecule has 2 unspecified atom stereocenters. The fourth-order valence-electron chi connectivity index (χ4n) is 2.05. The standard InChI is InChI=1S/C10H15N3O2/c1-7-4-8(11)6-13(5-7)10(14)9-2-3-15-12-9/h2-3,7-8H,4-6,11H2,1H3. The highest BCUT2D eigenvalue weighted by molar-refractivity contribution is 5.92. The Balaban J connectivity index is 2.07. The third-order valence-corrected chi connectivity index (χ3v) is 2.64. The van der Waals surface area contributed by atoms with Crippen molar-refractivity contribution in [2.24, 2.45) is 11.7 Å². The van der Waals surface area contributed by atoms with Crippen molar-refractivity contribution in [1.82, 2.24) is 10.1 Å². The molecule has 1 amide bonds. The van der Waals surface area contributed by atoms with Gasteiger partial charge in [-0.15, -0.1) is 0 Å². The summed E-state index contributed by atoms with van der Waals surface area (Å²) < 4.78 is 4.65. The minimum atomic E-state index is -0.0919. The van der Waals surface area contributed by atoms with E-state index in [1.165, 1.54) is 6.26 Å². The van der Waals surface area contributed by atoms with Gasteiger partial charge in [0.25, 0.3) is 5.91 Å². The van der Waals surface area contributed by atoms with Crippen molar-refractivity contribution in [1.29, 1.82) is 0 Å². The third-order valence-electron chi connectivity index (χ3n) is 2.64. The maximum Gasteiger partial charge on any atom is 0.276 e. The van der Waals surface area contributed by atoms with Gasteiger partial charge in [0.05, 0.1) is 0 Å². The number of carbonyl (C=O) groups is 1. The summed E-state index contributed by atoms with van der Waals surface area (Å²) in [5.41, 5.74) is 6.23. The summed E-state index contributed by atoms with van der Waals surface area (Å²) in [6.45, 7) is 3.46. The summed E-state index contributed by atoms with van der Waals surface area (Å²) in [5, 5.41) is 3.63. The number of carbonyl (C=O) groups excluding carboxylic acids is 1. The van der Waals surface area contributed by atoms with Gasteiger partial charge in [0.15, 0.2) is 5.69 Å². The van der Waals surface area contributed by atoms with Crippen molar-refractivity contribution in [3.63, 3.8) is 0 Å². The average molecular weight is 209 g/mol. The first kappa shape index (κ1) is 10.2. The maximum atomic E-state index is 11.9. The van der Waals surface area contributed by atoms with E-state index in [0.29, 0.717) is 18.2 Å². The van der Waals surface area contributed by atoms with Crippen LogP contribution in [0, 0.1) is 5.92 Å². The Morgan fingerprint density at radius 2 is 2.47 bits per heavy atom. The van der Waals surface area contributed by atoms with Crippen LogP contribution in [0.15, 0.2) is 16.9 Å². The molecule has 0 radical (unpaired) electrons. The van der Waals surface area contributed by atoms with Crippen LogP contribution in [-0.2, 0) is 0 Å². The lowest BCUT2D eigenvalue weighted by Gasteiger charge is -2.34. The van der Waals surface area contributed by atoms with E-state index >= 15 is 0 Å². The van der Waals surface area contributed by atoms with Crippen LogP contribution in [0.2, 0.25) is 0 Å². The number of aromatic nitrogens is 1. The number of nitrogens with zero attached hydrogens (tertiary/aromatic N) is 2. The lowest BCUT2D eigenvalue weighted by Crippen LogP contribution is -2.48. The molecule has 0 spiro atoms. The normalized spacial score (nSPS) is 26.7. The Kier molecular flexibility index (Phi) is 2.73. The summed E-state index contributed by atoms with van der Waals surface area (Å²) in [6, 6.07) is 1.65. The second-order valence-corrected chi connectivity index (χ2v) is 4.20. The Bertz CT molecular complexity index is 326. The molecule has 1 aromatic rings. The Morgan fingerprint density at radius 3 is 3.07 bits per heavy atom. The second-order valence-electron chi connectivity index (χ2n) is 4.20. The van der Waals surface area contributed by atoms with Crippen molar-refractivity contribution < 1.29 is 9.32 Å². The van der Waals surface area contributed by atoms with Crippen molar-refractivity contribution in [3.8, 4) is 0 Å². The van der Waals surface area contributed by atoms with E-state index in [9.17, 15) is 4.79 Å². The molecule has 0 aromatic carbocycles. The van der Waals surface area contributed by atoms with Gasteiger partial charge in [-0.1, -0.05) is 12.1 Å². The average Bonchev–Trinajstić information content (AvgIpc) is 2.67. The quantitative estimate of drug-likeness (QED) is 0.730. The van der Waals surface area contributed by atoms with Crippen LogP contribution in [0.4, 0.5) is 0 Å². The molecular weight excluding hydrogens is 194 g/mol. The molecule has 0 bridgehead atoms. The van der Waals surface area contributed by atoms with Gasteiger partial charge < -0.3 is 15.2 Å². The monoisotopic (exact) mass is 209 g/mol. The molecule has 1 fully saturated rings. The first-order valence-electron chi connectivity index (χ1n) is 5.12. The molecule has 5 nitrogen and oxygen atoms in total. The minimum Gasteiger partial charge on any atom is -0.364 e. The molecule has 1 saturated heterocycles. The lowest BCUT2D eigenvalue weighted by atomic mass is 9.96. The Labute approximate surface area is 88.2 Å². The van der Waals surface area contributed by atoms with Crippen molar-refractivity contribution in [3.05, 3.63) is 18.0 Å². The van der Waals surface area contributed by atoms with Gasteiger partial charge in [-0.25, -0.2) is 0 Å². The Morgan fingerprint density at radius 1 is 1.67 bits per heavy atom. The number of hydrogen-bond acceptors (Lipinski definition) is 4. The van der Waals surface area contributed by atoms with Crippen LogP contribution < -0.4 is 5.73 Å². The molecule has 2 rings (SSSR count). The second kappa shape index (κ2) is 4.02. The lowest BCUT2D eigenvalue weighted by molar-refractivity contribution is 0.0650. The van der Waals surface area contributed by atoms with Crippen LogP contribution >= 0.6 is 0 Å². The SMILES string of the molecule is CC1CC(N)CN(C(=O)c2ccon2)C1. The zero-order valence-electron chi connectivity index (χ0n) is 8.72. The zero-order chi connectivity index (χ0) is 10.8. The maximum absolute atomic E-state index is 11.9. The van der Waals surface area contributed by atoms with Crippen molar-refractivity contribution in [2.75, 3.05) is 13.1 Å². The van der Waals surface area contributed by atoms with Crippen molar-refractivity contribution in [2.45, 2.75) is 19.4 Å². The largest absolute Gasteiger partial charge is 0.364 e. The number of piperidine rings is 1. The smallest absolute Gasteiger partial charge is 0.276 e. The molecule has 0 saturated carbocycles. The fraction of sp³-hybridized carbons (Fsp3) is 0.600. The molecule has 0 aliphatic carbocycles.